The van der Waals surface area contributed by atoms with Crippen LogP contribution < -0.4 is 16.0 Å². The first kappa shape index (κ1) is 26.8. The topological polar surface area (TPSA) is 93.2 Å². The van der Waals surface area contributed by atoms with Gasteiger partial charge in [0, 0.05) is 44.5 Å². The first-order valence-corrected chi connectivity index (χ1v) is 11.4. The van der Waals surface area contributed by atoms with Crippen LogP contribution in [0.4, 0.5) is 5.69 Å². The van der Waals surface area contributed by atoms with Crippen LogP contribution in [0, 0.1) is 5.92 Å². The van der Waals surface area contributed by atoms with Gasteiger partial charge >= 0.3 is 0 Å². The number of carbonyl (C=O) groups is 1. The average Bonchev–Trinajstić information content (AvgIpc) is 3.49. The van der Waals surface area contributed by atoms with Crippen molar-refractivity contribution in [1.29, 1.82) is 0 Å². The predicted octanol–water partition coefficient (Wildman–Crippen LogP) is 2.92. The van der Waals surface area contributed by atoms with E-state index in [-0.39, 0.29) is 36.0 Å². The minimum atomic E-state index is -0.332. The Morgan fingerprint density at radius 2 is 2.16 bits per heavy atom. The molecule has 1 aromatic rings. The number of hydrogen-bond donors (Lipinski definition) is 3. The van der Waals surface area contributed by atoms with Gasteiger partial charge in [0.25, 0.3) is 5.91 Å². The van der Waals surface area contributed by atoms with Gasteiger partial charge < -0.3 is 30.2 Å². The van der Waals surface area contributed by atoms with Crippen LogP contribution in [-0.2, 0) is 25.5 Å². The molecule has 0 bridgehead atoms. The van der Waals surface area contributed by atoms with E-state index in [0.717, 1.165) is 82.4 Å². The number of guanidine groups is 1. The summed E-state index contributed by atoms with van der Waals surface area (Å²) < 4.78 is 16.6. The van der Waals surface area contributed by atoms with Crippen LogP contribution in [-0.4, -0.2) is 64.1 Å². The molecule has 2 aliphatic rings. The van der Waals surface area contributed by atoms with Crippen LogP contribution in [0.15, 0.2) is 29.3 Å². The third-order valence-corrected chi connectivity index (χ3v) is 5.32. The van der Waals surface area contributed by atoms with Gasteiger partial charge in [-0.05, 0) is 50.3 Å². The van der Waals surface area contributed by atoms with Crippen molar-refractivity contribution in [2.24, 2.45) is 10.9 Å². The Labute approximate surface area is 208 Å². The Morgan fingerprint density at radius 3 is 2.91 bits per heavy atom. The van der Waals surface area contributed by atoms with E-state index in [1.807, 2.05) is 31.2 Å². The molecule has 2 aliphatic heterocycles. The maximum Gasteiger partial charge on any atom is 0.253 e. The number of ether oxygens (including phenoxy) is 3. The van der Waals surface area contributed by atoms with Gasteiger partial charge in [0.15, 0.2) is 5.96 Å². The highest BCUT2D eigenvalue weighted by Crippen LogP contribution is 2.16. The summed E-state index contributed by atoms with van der Waals surface area (Å²) in [5.74, 6) is 1.26. The van der Waals surface area contributed by atoms with Crippen molar-refractivity contribution in [2.45, 2.75) is 45.3 Å². The number of benzene rings is 1. The van der Waals surface area contributed by atoms with Gasteiger partial charge in [-0.3, -0.25) is 4.79 Å². The second kappa shape index (κ2) is 15.4. The monoisotopic (exact) mass is 560 g/mol. The third-order valence-electron chi connectivity index (χ3n) is 5.32. The average molecular weight is 560 g/mol. The van der Waals surface area contributed by atoms with Crippen molar-refractivity contribution < 1.29 is 19.0 Å². The van der Waals surface area contributed by atoms with Gasteiger partial charge in [-0.2, -0.15) is 0 Å². The first-order valence-electron chi connectivity index (χ1n) is 11.4. The molecule has 180 valence electrons. The summed E-state index contributed by atoms with van der Waals surface area (Å²) >= 11 is 0. The van der Waals surface area contributed by atoms with Gasteiger partial charge in [-0.15, -0.1) is 24.0 Å². The second-order valence-corrected chi connectivity index (χ2v) is 7.97. The van der Waals surface area contributed by atoms with Crippen molar-refractivity contribution in [1.82, 2.24) is 10.6 Å². The molecule has 0 spiro atoms. The molecule has 1 amide bonds. The van der Waals surface area contributed by atoms with Crippen LogP contribution in [0.3, 0.4) is 0 Å². The number of halogens is 1. The number of aliphatic imine (C=N–C) groups is 1. The van der Waals surface area contributed by atoms with Crippen molar-refractivity contribution in [3.8, 4) is 0 Å². The third kappa shape index (κ3) is 9.60. The maximum absolute atomic E-state index is 12.2. The summed E-state index contributed by atoms with van der Waals surface area (Å²) in [5, 5.41) is 9.56. The zero-order valence-corrected chi connectivity index (χ0v) is 21.3. The minimum Gasteiger partial charge on any atom is -0.381 e. The highest BCUT2D eigenvalue weighted by molar-refractivity contribution is 14.0. The number of hydrogen-bond acceptors (Lipinski definition) is 5. The number of nitrogens with one attached hydrogen (secondary N) is 3. The fourth-order valence-corrected chi connectivity index (χ4v) is 3.61. The van der Waals surface area contributed by atoms with Gasteiger partial charge in [0.1, 0.15) is 6.10 Å². The zero-order chi connectivity index (χ0) is 21.7. The maximum atomic E-state index is 12.2. The van der Waals surface area contributed by atoms with E-state index in [1.54, 1.807) is 0 Å². The molecule has 0 aromatic heterocycles. The molecular weight excluding hydrogens is 523 g/mol. The van der Waals surface area contributed by atoms with Gasteiger partial charge in [-0.1, -0.05) is 12.1 Å². The lowest BCUT2D eigenvalue weighted by Gasteiger charge is -2.13. The molecule has 3 N–H and O–H groups in total. The molecule has 1 aromatic carbocycles. The van der Waals surface area contributed by atoms with Gasteiger partial charge in [0.05, 0.1) is 19.8 Å². The molecule has 0 saturated carbocycles. The molecule has 0 radical (unpaired) electrons. The molecule has 2 atom stereocenters. The highest BCUT2D eigenvalue weighted by atomic mass is 127. The number of amides is 1. The van der Waals surface area contributed by atoms with E-state index >= 15 is 0 Å². The fraction of sp³-hybridized carbons (Fsp3) is 0.652. The second-order valence-electron chi connectivity index (χ2n) is 7.97. The molecule has 2 fully saturated rings. The van der Waals surface area contributed by atoms with Crippen LogP contribution in [0.25, 0.3) is 0 Å². The summed E-state index contributed by atoms with van der Waals surface area (Å²) in [4.78, 5) is 16.9. The number of carbonyl (C=O) groups excluding carboxylic acids is 1. The Balaban J connectivity index is 0.00000363. The SMILES string of the molecule is CCNC(=NCc1cccc(NC(=O)C2CCCO2)c1)NCCCOCC1CCOC1.I. The van der Waals surface area contributed by atoms with Gasteiger partial charge in [-0.25, -0.2) is 4.99 Å². The van der Waals surface area contributed by atoms with E-state index in [4.69, 9.17) is 14.2 Å². The van der Waals surface area contributed by atoms with Crippen LogP contribution in [0.2, 0.25) is 0 Å². The summed E-state index contributed by atoms with van der Waals surface area (Å²) in [5.41, 5.74) is 1.81. The zero-order valence-electron chi connectivity index (χ0n) is 18.9. The molecule has 2 heterocycles. The largest absolute Gasteiger partial charge is 0.381 e. The first-order chi connectivity index (χ1) is 15.2. The smallest absolute Gasteiger partial charge is 0.253 e. The van der Waals surface area contributed by atoms with Crippen LogP contribution in [0.5, 0.6) is 0 Å². The minimum absolute atomic E-state index is 0. The van der Waals surface area contributed by atoms with E-state index < -0.39 is 0 Å². The van der Waals surface area contributed by atoms with Crippen LogP contribution >= 0.6 is 24.0 Å². The number of anilines is 1. The van der Waals surface area contributed by atoms with Gasteiger partial charge in [0.2, 0.25) is 0 Å². The normalized spacial score (nSPS) is 20.6. The summed E-state index contributed by atoms with van der Waals surface area (Å²) in [6.45, 7) is 8.03. The molecule has 2 unspecified atom stereocenters. The Hall–Kier alpha value is -1.43. The molecule has 8 nitrogen and oxygen atoms in total. The van der Waals surface area contributed by atoms with Crippen molar-refractivity contribution >= 4 is 41.5 Å². The van der Waals surface area contributed by atoms with Crippen molar-refractivity contribution in [3.63, 3.8) is 0 Å². The van der Waals surface area contributed by atoms with E-state index in [2.05, 4.69) is 20.9 Å². The number of rotatable bonds is 11. The van der Waals surface area contributed by atoms with Crippen LogP contribution in [0.1, 0.15) is 38.2 Å². The standard InChI is InChI=1S/C23H36N4O4.HI/c1-2-24-23(25-10-5-11-29-16-19-9-13-30-17-19)26-15-18-6-3-7-20(14-18)27-22(28)21-8-4-12-31-21;/h3,6-7,14,19,21H,2,4-5,8-13,15-17H2,1H3,(H,27,28)(H2,24,25,26);1H. The fourth-order valence-electron chi connectivity index (χ4n) is 3.61. The summed E-state index contributed by atoms with van der Waals surface area (Å²) in [6.07, 6.45) is 3.42. The molecule has 3 rings (SSSR count). The summed E-state index contributed by atoms with van der Waals surface area (Å²) in [6, 6.07) is 7.79. The number of nitrogens with zero attached hydrogens (tertiary/aromatic N) is 1. The lowest BCUT2D eigenvalue weighted by molar-refractivity contribution is -0.124. The highest BCUT2D eigenvalue weighted by Gasteiger charge is 2.23. The molecule has 0 aliphatic carbocycles. The molecular formula is C23H37IN4O4. The van der Waals surface area contributed by atoms with Crippen molar-refractivity contribution in [2.75, 3.05) is 51.4 Å². The molecule has 32 heavy (non-hydrogen) atoms. The van der Waals surface area contributed by atoms with Crippen molar-refractivity contribution in [3.05, 3.63) is 29.8 Å². The van der Waals surface area contributed by atoms with E-state index in [1.165, 1.54) is 0 Å². The van der Waals surface area contributed by atoms with E-state index in [9.17, 15) is 4.79 Å². The molecule has 9 heteroatoms. The molecule has 2 saturated heterocycles. The summed E-state index contributed by atoms with van der Waals surface area (Å²) in [7, 11) is 0. The quantitative estimate of drug-likeness (QED) is 0.167. The Bertz CT molecular complexity index is 707. The Kier molecular flexibility index (Phi) is 12.9. The van der Waals surface area contributed by atoms with E-state index in [0.29, 0.717) is 19.1 Å². The predicted molar refractivity (Wildman–Crippen MR) is 137 cm³/mol. The Morgan fingerprint density at radius 1 is 1.25 bits per heavy atom. The lowest BCUT2D eigenvalue weighted by atomic mass is 10.1. The lowest BCUT2D eigenvalue weighted by Crippen LogP contribution is -2.38.